The summed E-state index contributed by atoms with van der Waals surface area (Å²) in [5.74, 6) is 3.00. The Balaban J connectivity index is 1.65. The third kappa shape index (κ3) is 3.06. The van der Waals surface area contributed by atoms with Gasteiger partial charge in [0.2, 0.25) is 0 Å². The molecule has 2 aliphatic carbocycles. The van der Waals surface area contributed by atoms with Crippen LogP contribution in [0.3, 0.4) is 0 Å². The van der Waals surface area contributed by atoms with Crippen LogP contribution in [0.2, 0.25) is 0 Å². The molecule has 1 aromatic rings. The van der Waals surface area contributed by atoms with E-state index in [9.17, 15) is 0 Å². The molecule has 1 unspecified atom stereocenters. The Morgan fingerprint density at radius 3 is 2.25 bits per heavy atom. The van der Waals surface area contributed by atoms with Crippen molar-refractivity contribution < 1.29 is 0 Å². The molecule has 1 N–H and O–H groups in total. The van der Waals surface area contributed by atoms with E-state index in [4.69, 9.17) is 0 Å². The van der Waals surface area contributed by atoms with Crippen LogP contribution in [0.25, 0.3) is 0 Å². The Hall–Kier alpha value is -0.890. The molecule has 2 aliphatic rings. The van der Waals surface area contributed by atoms with Crippen LogP contribution in [0.15, 0.2) is 6.07 Å². The number of aromatic nitrogens is 1. The summed E-state index contributed by atoms with van der Waals surface area (Å²) in [5, 5.41) is 3.80. The lowest BCUT2D eigenvalue weighted by Gasteiger charge is -2.23. The maximum Gasteiger partial charge on any atom is 0.0426 e. The standard InChI is InChI=1S/C18H28N2/c1-11-9-12(2)20-14(4)18(11)13(3)19-10-17(15-5-6-15)16-7-8-16/h9,13,15-17,19H,5-8,10H2,1-4H3. The Kier molecular flexibility index (Phi) is 3.85. The summed E-state index contributed by atoms with van der Waals surface area (Å²) in [7, 11) is 0. The summed E-state index contributed by atoms with van der Waals surface area (Å²) in [5.41, 5.74) is 5.10. The van der Waals surface area contributed by atoms with E-state index in [1.807, 2.05) is 0 Å². The number of rotatable bonds is 6. The zero-order valence-electron chi connectivity index (χ0n) is 13.4. The summed E-state index contributed by atoms with van der Waals surface area (Å²) in [4.78, 5) is 4.64. The van der Waals surface area contributed by atoms with Gasteiger partial charge in [-0.15, -0.1) is 0 Å². The van der Waals surface area contributed by atoms with Crippen molar-refractivity contribution in [2.24, 2.45) is 17.8 Å². The quantitative estimate of drug-likeness (QED) is 0.843. The highest BCUT2D eigenvalue weighted by molar-refractivity contribution is 5.33. The summed E-state index contributed by atoms with van der Waals surface area (Å²) in [6, 6.07) is 2.63. The SMILES string of the molecule is Cc1cc(C)c(C(C)NCC(C2CC2)C2CC2)c(C)n1. The zero-order valence-corrected chi connectivity index (χ0v) is 13.4. The third-order valence-corrected chi connectivity index (χ3v) is 5.13. The van der Waals surface area contributed by atoms with Gasteiger partial charge in [-0.25, -0.2) is 0 Å². The molecule has 1 heterocycles. The lowest BCUT2D eigenvalue weighted by Crippen LogP contribution is -2.29. The second kappa shape index (κ2) is 5.48. The van der Waals surface area contributed by atoms with Crippen LogP contribution in [0.1, 0.15) is 61.2 Å². The molecule has 110 valence electrons. The molecule has 2 saturated carbocycles. The molecule has 20 heavy (non-hydrogen) atoms. The lowest BCUT2D eigenvalue weighted by molar-refractivity contribution is 0.361. The predicted molar refractivity (Wildman–Crippen MR) is 83.8 cm³/mol. The van der Waals surface area contributed by atoms with Crippen LogP contribution in [-0.4, -0.2) is 11.5 Å². The predicted octanol–water partition coefficient (Wildman–Crippen LogP) is 4.09. The molecule has 2 nitrogen and oxygen atoms in total. The highest BCUT2D eigenvalue weighted by Gasteiger charge is 2.41. The fourth-order valence-electron chi connectivity index (χ4n) is 3.87. The molecule has 2 heteroatoms. The molecule has 0 spiro atoms. The number of aryl methyl sites for hydroxylation is 3. The van der Waals surface area contributed by atoms with Gasteiger partial charge in [0.25, 0.3) is 0 Å². The molecule has 0 amide bonds. The van der Waals surface area contributed by atoms with Gasteiger partial charge in [-0.3, -0.25) is 4.98 Å². The van der Waals surface area contributed by atoms with E-state index in [-0.39, 0.29) is 0 Å². The number of nitrogens with zero attached hydrogens (tertiary/aromatic N) is 1. The molecule has 0 aromatic carbocycles. The zero-order chi connectivity index (χ0) is 14.3. The van der Waals surface area contributed by atoms with Gasteiger partial charge < -0.3 is 5.32 Å². The Morgan fingerprint density at radius 2 is 1.75 bits per heavy atom. The topological polar surface area (TPSA) is 24.9 Å². The molecular weight excluding hydrogens is 244 g/mol. The molecule has 3 rings (SSSR count). The molecule has 2 fully saturated rings. The van der Waals surface area contributed by atoms with Crippen LogP contribution >= 0.6 is 0 Å². The van der Waals surface area contributed by atoms with Gasteiger partial charge in [0.05, 0.1) is 0 Å². The monoisotopic (exact) mass is 272 g/mol. The number of hydrogen-bond acceptors (Lipinski definition) is 2. The largest absolute Gasteiger partial charge is 0.310 e. The van der Waals surface area contributed by atoms with Crippen LogP contribution in [0.5, 0.6) is 0 Å². The Bertz CT molecular complexity index is 451. The van der Waals surface area contributed by atoms with Crippen molar-refractivity contribution in [1.29, 1.82) is 0 Å². The van der Waals surface area contributed by atoms with Gasteiger partial charge >= 0.3 is 0 Å². The summed E-state index contributed by atoms with van der Waals surface area (Å²) < 4.78 is 0. The highest BCUT2D eigenvalue weighted by Crippen LogP contribution is 2.49. The summed E-state index contributed by atoms with van der Waals surface area (Å²) in [6.07, 6.45) is 5.89. The van der Waals surface area contributed by atoms with Crippen molar-refractivity contribution in [1.82, 2.24) is 10.3 Å². The van der Waals surface area contributed by atoms with E-state index in [2.05, 4.69) is 44.1 Å². The van der Waals surface area contributed by atoms with Crippen molar-refractivity contribution in [2.45, 2.75) is 59.4 Å². The van der Waals surface area contributed by atoms with Crippen molar-refractivity contribution in [3.8, 4) is 0 Å². The summed E-state index contributed by atoms with van der Waals surface area (Å²) in [6.45, 7) is 9.94. The molecule has 0 saturated heterocycles. The second-order valence-electron chi connectivity index (χ2n) is 7.05. The van der Waals surface area contributed by atoms with Gasteiger partial charge in [-0.05, 0) is 94.9 Å². The first kappa shape index (κ1) is 14.1. The molecule has 1 aromatic heterocycles. The average Bonchev–Trinajstić information content (AvgIpc) is 3.23. The van der Waals surface area contributed by atoms with Crippen LogP contribution < -0.4 is 5.32 Å². The number of hydrogen-bond donors (Lipinski definition) is 1. The van der Waals surface area contributed by atoms with Gasteiger partial charge in [-0.1, -0.05) is 0 Å². The molecule has 0 aliphatic heterocycles. The van der Waals surface area contributed by atoms with E-state index >= 15 is 0 Å². The van der Waals surface area contributed by atoms with Crippen LogP contribution in [0.4, 0.5) is 0 Å². The number of pyridine rings is 1. The Morgan fingerprint density at radius 1 is 1.15 bits per heavy atom. The van der Waals surface area contributed by atoms with Gasteiger partial charge in [0, 0.05) is 17.4 Å². The minimum atomic E-state index is 0.420. The second-order valence-corrected chi connectivity index (χ2v) is 7.05. The molecular formula is C18H28N2. The molecule has 1 atom stereocenters. The Labute approximate surface area is 123 Å². The van der Waals surface area contributed by atoms with E-state index in [0.717, 1.165) is 23.4 Å². The van der Waals surface area contributed by atoms with Crippen LogP contribution in [0, 0.1) is 38.5 Å². The highest BCUT2D eigenvalue weighted by atomic mass is 14.9. The smallest absolute Gasteiger partial charge is 0.0426 e. The first-order chi connectivity index (χ1) is 9.56. The third-order valence-electron chi connectivity index (χ3n) is 5.13. The minimum absolute atomic E-state index is 0.420. The summed E-state index contributed by atoms with van der Waals surface area (Å²) >= 11 is 0. The fraction of sp³-hybridized carbons (Fsp3) is 0.722. The normalized spacial score (nSPS) is 20.4. The maximum atomic E-state index is 4.64. The van der Waals surface area contributed by atoms with Crippen molar-refractivity contribution in [3.63, 3.8) is 0 Å². The van der Waals surface area contributed by atoms with Gasteiger partial charge in [0.1, 0.15) is 0 Å². The van der Waals surface area contributed by atoms with Crippen molar-refractivity contribution in [3.05, 3.63) is 28.6 Å². The van der Waals surface area contributed by atoms with Crippen LogP contribution in [-0.2, 0) is 0 Å². The minimum Gasteiger partial charge on any atom is -0.310 e. The average molecular weight is 272 g/mol. The maximum absolute atomic E-state index is 4.64. The number of nitrogens with one attached hydrogen (secondary N) is 1. The first-order valence-corrected chi connectivity index (χ1v) is 8.24. The molecule has 0 radical (unpaired) electrons. The van der Waals surface area contributed by atoms with Gasteiger partial charge in [-0.2, -0.15) is 0 Å². The van der Waals surface area contributed by atoms with E-state index in [1.165, 1.54) is 49.0 Å². The van der Waals surface area contributed by atoms with E-state index < -0.39 is 0 Å². The molecule has 0 bridgehead atoms. The lowest BCUT2D eigenvalue weighted by atomic mass is 9.96. The fourth-order valence-corrected chi connectivity index (χ4v) is 3.87. The first-order valence-electron chi connectivity index (χ1n) is 8.24. The van der Waals surface area contributed by atoms with Crippen molar-refractivity contribution in [2.75, 3.05) is 6.54 Å². The van der Waals surface area contributed by atoms with E-state index in [1.54, 1.807) is 0 Å². The van der Waals surface area contributed by atoms with Gasteiger partial charge in [0.15, 0.2) is 0 Å². The van der Waals surface area contributed by atoms with E-state index in [0.29, 0.717) is 6.04 Å². The van der Waals surface area contributed by atoms with Crippen molar-refractivity contribution >= 4 is 0 Å².